The summed E-state index contributed by atoms with van der Waals surface area (Å²) in [5.74, 6) is 2.48. The van der Waals surface area contributed by atoms with Gasteiger partial charge in [0.05, 0.1) is 13.2 Å². The van der Waals surface area contributed by atoms with Gasteiger partial charge in [0.15, 0.2) is 11.6 Å². The predicted octanol–water partition coefficient (Wildman–Crippen LogP) is 7.19. The molecule has 4 fully saturated rings. The van der Waals surface area contributed by atoms with Gasteiger partial charge in [0.1, 0.15) is 24.7 Å². The van der Waals surface area contributed by atoms with Crippen molar-refractivity contribution in [1.82, 2.24) is 9.80 Å². The van der Waals surface area contributed by atoms with Crippen LogP contribution in [-0.4, -0.2) is 83.6 Å². The van der Waals surface area contributed by atoms with Crippen LogP contribution in [0.5, 0.6) is 11.5 Å². The lowest BCUT2D eigenvalue weighted by atomic mass is 9.85. The zero-order valence-corrected chi connectivity index (χ0v) is 30.2. The van der Waals surface area contributed by atoms with Crippen LogP contribution in [0.2, 0.25) is 0 Å². The van der Waals surface area contributed by atoms with Gasteiger partial charge in [-0.1, -0.05) is 42.8 Å². The summed E-state index contributed by atoms with van der Waals surface area (Å²) in [5, 5.41) is 24.3. The van der Waals surface area contributed by atoms with Crippen molar-refractivity contribution in [2.24, 2.45) is 17.8 Å². The maximum atomic E-state index is 13.5. The Hall–Kier alpha value is -3.82. The van der Waals surface area contributed by atoms with E-state index in [0.717, 1.165) is 97.0 Å². The van der Waals surface area contributed by atoms with Crippen molar-refractivity contribution in [3.63, 3.8) is 0 Å². The number of Topliss-reactive ketones (excluding diaryl/α,β-unsaturated/α-hetero) is 2. The third-order valence-corrected chi connectivity index (χ3v) is 12.2. The van der Waals surface area contributed by atoms with E-state index >= 15 is 0 Å². The number of likely N-dealkylation sites (tertiary alicyclic amines) is 2. The summed E-state index contributed by atoms with van der Waals surface area (Å²) in [6.07, 6.45) is 10.5. The van der Waals surface area contributed by atoms with Gasteiger partial charge in [0.25, 0.3) is 0 Å². The molecule has 8 heteroatoms. The molecule has 8 nitrogen and oxygen atoms in total. The van der Waals surface area contributed by atoms with Crippen LogP contribution in [-0.2, 0) is 13.2 Å². The average Bonchev–Trinajstić information content (AvgIpc) is 3.98. The molecule has 4 aromatic carbocycles. The fourth-order valence-electron chi connectivity index (χ4n) is 8.83. The molecule has 0 radical (unpaired) electrons. The fraction of sp³-hybridized carbons (Fsp3) is 0.500. The lowest BCUT2D eigenvalue weighted by molar-refractivity contribution is 0.0612. The predicted molar refractivity (Wildman–Crippen MR) is 203 cm³/mol. The molecule has 2 aliphatic carbocycles. The molecule has 2 atom stereocenters. The number of fused-ring (bicyclic) bond motifs is 2. The Balaban J connectivity index is 0.893. The molecule has 4 aliphatic rings. The van der Waals surface area contributed by atoms with Crippen molar-refractivity contribution in [2.45, 2.75) is 77.0 Å². The number of rotatable bonds is 14. The lowest BCUT2D eigenvalue weighted by Gasteiger charge is -2.42. The second-order valence-electron chi connectivity index (χ2n) is 15.7. The van der Waals surface area contributed by atoms with Crippen molar-refractivity contribution < 1.29 is 29.3 Å². The van der Waals surface area contributed by atoms with E-state index in [1.54, 1.807) is 0 Å². The van der Waals surface area contributed by atoms with Crippen LogP contribution < -0.4 is 9.47 Å². The van der Waals surface area contributed by atoms with E-state index in [2.05, 4.69) is 9.80 Å². The third kappa shape index (κ3) is 7.49. The first kappa shape index (κ1) is 35.2. The Labute approximate surface area is 306 Å². The van der Waals surface area contributed by atoms with Crippen LogP contribution in [0.25, 0.3) is 21.5 Å². The van der Waals surface area contributed by atoms with Crippen molar-refractivity contribution in [3.8, 4) is 11.5 Å². The summed E-state index contributed by atoms with van der Waals surface area (Å²) in [7, 11) is 0. The van der Waals surface area contributed by atoms with Crippen LogP contribution in [0.4, 0.5) is 0 Å². The average molecular weight is 705 g/mol. The maximum absolute atomic E-state index is 13.5. The van der Waals surface area contributed by atoms with Gasteiger partial charge < -0.3 is 24.6 Å². The zero-order valence-electron chi connectivity index (χ0n) is 30.2. The van der Waals surface area contributed by atoms with E-state index in [1.165, 1.54) is 32.1 Å². The largest absolute Gasteiger partial charge is 0.490 e. The van der Waals surface area contributed by atoms with E-state index in [-0.39, 0.29) is 49.8 Å². The van der Waals surface area contributed by atoms with Gasteiger partial charge in [0, 0.05) is 59.8 Å². The quantitative estimate of drug-likeness (QED) is 0.105. The molecular weight excluding hydrogens is 652 g/mol. The Morgan fingerprint density at radius 3 is 1.71 bits per heavy atom. The van der Waals surface area contributed by atoms with E-state index in [0.29, 0.717) is 28.7 Å². The summed E-state index contributed by atoms with van der Waals surface area (Å²) < 4.78 is 12.2. The Morgan fingerprint density at radius 1 is 0.635 bits per heavy atom. The summed E-state index contributed by atoms with van der Waals surface area (Å²) in [6, 6.07) is 19.8. The number of ether oxygens (including phenoxy) is 2. The van der Waals surface area contributed by atoms with Crippen molar-refractivity contribution >= 4 is 33.1 Å². The number of carbonyl (C=O) groups is 2. The van der Waals surface area contributed by atoms with Gasteiger partial charge in [-0.15, -0.1) is 0 Å². The number of carbonyl (C=O) groups excluding carboxylic acids is 2. The highest BCUT2D eigenvalue weighted by atomic mass is 16.5. The number of hydrogen-bond donors (Lipinski definition) is 2. The molecule has 0 spiro atoms. The molecule has 2 heterocycles. The minimum atomic E-state index is -0.192. The highest BCUT2D eigenvalue weighted by Gasteiger charge is 2.33. The molecule has 2 unspecified atom stereocenters. The van der Waals surface area contributed by atoms with Crippen LogP contribution in [0, 0.1) is 17.8 Å². The molecule has 2 aliphatic heterocycles. The Morgan fingerprint density at radius 2 is 1.19 bits per heavy atom. The molecule has 2 N–H and O–H groups in total. The Kier molecular flexibility index (Phi) is 10.6. The van der Waals surface area contributed by atoms with Crippen molar-refractivity contribution in [3.05, 3.63) is 82.9 Å². The first-order valence-electron chi connectivity index (χ1n) is 19.6. The Bertz CT molecular complexity index is 1930. The second-order valence-corrected chi connectivity index (χ2v) is 15.7. The van der Waals surface area contributed by atoms with Crippen LogP contribution in [0.1, 0.15) is 89.6 Å². The molecule has 8 rings (SSSR count). The molecule has 0 bridgehead atoms. The third-order valence-electron chi connectivity index (χ3n) is 12.2. The number of benzene rings is 4. The minimum Gasteiger partial charge on any atom is -0.490 e. The zero-order chi connectivity index (χ0) is 35.6. The van der Waals surface area contributed by atoms with Crippen LogP contribution in [0.3, 0.4) is 0 Å². The molecule has 4 aromatic rings. The molecule has 52 heavy (non-hydrogen) atoms. The van der Waals surface area contributed by atoms with Crippen LogP contribution >= 0.6 is 0 Å². The van der Waals surface area contributed by atoms with Gasteiger partial charge >= 0.3 is 0 Å². The summed E-state index contributed by atoms with van der Waals surface area (Å²) in [5.41, 5.74) is 2.83. The number of aliphatic hydroxyl groups excluding tert-OH is 2. The van der Waals surface area contributed by atoms with Gasteiger partial charge in [0.2, 0.25) is 0 Å². The lowest BCUT2D eigenvalue weighted by Crippen LogP contribution is -2.47. The van der Waals surface area contributed by atoms with Crippen molar-refractivity contribution in [2.75, 3.05) is 45.9 Å². The normalized spacial score (nSPS) is 21.7. The number of hydrogen-bond acceptors (Lipinski definition) is 8. The standard InChI is InChI=1S/C44H52N2O6/c47-27-39-37-14-10-32(43(49)34-4-2-18-45(25-34)24-29-8-9-29)22-30(37)12-16-41(39)51-20-21-52-42-17-13-31-23-33(11-15-38(31)40(42)28-48)44(50)35-5-3-19-46(26-35)36-6-1-7-36/h10-17,22-23,29,34-36,47-48H,1-9,18-21,24-28H2. The molecule has 274 valence electrons. The fourth-order valence-corrected chi connectivity index (χ4v) is 8.83. The summed E-state index contributed by atoms with van der Waals surface area (Å²) >= 11 is 0. The topological polar surface area (TPSA) is 99.5 Å². The van der Waals surface area contributed by atoms with E-state index in [9.17, 15) is 19.8 Å². The first-order chi connectivity index (χ1) is 25.5. The molecule has 2 saturated heterocycles. The first-order valence-corrected chi connectivity index (χ1v) is 19.6. The summed E-state index contributed by atoms with van der Waals surface area (Å²) in [4.78, 5) is 32.1. The molecule has 0 aromatic heterocycles. The van der Waals surface area contributed by atoms with E-state index in [1.807, 2.05) is 60.7 Å². The van der Waals surface area contributed by atoms with Gasteiger partial charge in [-0.2, -0.15) is 0 Å². The smallest absolute Gasteiger partial charge is 0.167 e. The summed E-state index contributed by atoms with van der Waals surface area (Å²) in [6.45, 7) is 5.14. The van der Waals surface area contributed by atoms with Crippen molar-refractivity contribution in [1.29, 1.82) is 0 Å². The van der Waals surface area contributed by atoms with E-state index < -0.39 is 0 Å². The van der Waals surface area contributed by atoms with E-state index in [4.69, 9.17) is 9.47 Å². The van der Waals surface area contributed by atoms with Gasteiger partial charge in [-0.05, 0) is 116 Å². The molecule has 0 amide bonds. The number of piperidine rings is 2. The SMILES string of the molecule is O=C(c1ccc2c(CO)c(OCCOc3ccc4cc(C(=O)C5CCCN(C6CCC6)C5)ccc4c3CO)ccc2c1)C1CCCN(CC2CC2)C1. The van der Waals surface area contributed by atoms with Gasteiger partial charge in [-0.3, -0.25) is 14.5 Å². The second kappa shape index (κ2) is 15.7. The maximum Gasteiger partial charge on any atom is 0.167 e. The number of ketones is 2. The van der Waals surface area contributed by atoms with Crippen LogP contribution in [0.15, 0.2) is 60.7 Å². The highest BCUT2D eigenvalue weighted by Crippen LogP contribution is 2.35. The number of nitrogens with zero attached hydrogens (tertiary/aromatic N) is 2. The highest BCUT2D eigenvalue weighted by molar-refractivity contribution is 6.03. The number of aliphatic hydroxyl groups is 2. The minimum absolute atomic E-state index is 0.0368. The molecule has 2 saturated carbocycles. The molecular formula is C44H52N2O6. The van der Waals surface area contributed by atoms with Gasteiger partial charge in [-0.25, -0.2) is 0 Å². The monoisotopic (exact) mass is 704 g/mol.